The van der Waals surface area contributed by atoms with Gasteiger partial charge in [0.05, 0.1) is 32.1 Å². The lowest BCUT2D eigenvalue weighted by molar-refractivity contribution is -0.199. The molecule has 0 aromatic heterocycles. The maximum absolute atomic E-state index is 13.6. The fourth-order valence-corrected chi connectivity index (χ4v) is 2.89. The van der Waals surface area contributed by atoms with Crippen LogP contribution in [0.25, 0.3) is 0 Å². The highest BCUT2D eigenvalue weighted by Crippen LogP contribution is 2.46. The summed E-state index contributed by atoms with van der Waals surface area (Å²) < 4.78 is 160. The quantitative estimate of drug-likeness (QED) is 0.271. The van der Waals surface area contributed by atoms with Gasteiger partial charge in [-0.3, -0.25) is 0 Å². The molecule has 0 unspecified atom stereocenters. The molecule has 0 aliphatic carbocycles. The molecule has 0 atom stereocenters. The predicted molar refractivity (Wildman–Crippen MR) is 77.9 cm³/mol. The van der Waals surface area contributed by atoms with Gasteiger partial charge >= 0.3 is 0 Å². The lowest BCUT2D eigenvalue weighted by Crippen LogP contribution is -2.41. The Balaban J connectivity index is 5.09. The van der Waals surface area contributed by atoms with Crippen molar-refractivity contribution in [1.82, 2.24) is 0 Å². The molecule has 0 rings (SSSR count). The predicted octanol–water partition coefficient (Wildman–Crippen LogP) is 7.81. The minimum atomic E-state index is -4.98. The average Bonchev–Trinajstić information content (AvgIpc) is 2.12. The van der Waals surface area contributed by atoms with Gasteiger partial charge in [0.2, 0.25) is 0 Å². The van der Waals surface area contributed by atoms with Crippen molar-refractivity contribution in [2.24, 2.45) is 5.92 Å². The Morgan fingerprint density at radius 1 is 0.464 bits per heavy atom. The summed E-state index contributed by atoms with van der Waals surface area (Å²) in [5, 5.41) is 0. The number of hydrogen-bond donors (Lipinski definition) is 0. The first-order valence-corrected chi connectivity index (χ1v) is 8.22. The van der Waals surface area contributed by atoms with Gasteiger partial charge in [0.1, 0.15) is 0 Å². The Hall–Kier alpha value is -0.840. The molecule has 0 aromatic carbocycles. The van der Waals surface area contributed by atoms with Crippen molar-refractivity contribution in [2.45, 2.75) is 94.8 Å². The highest BCUT2D eigenvalue weighted by Gasteiger charge is 2.55. The molecule has 0 amide bonds. The van der Waals surface area contributed by atoms with Crippen LogP contribution in [0.3, 0.4) is 0 Å². The van der Waals surface area contributed by atoms with Gasteiger partial charge in [-0.05, 0) is 12.8 Å². The summed E-state index contributed by atoms with van der Waals surface area (Å²) in [6, 6.07) is 0. The zero-order valence-corrected chi connectivity index (χ0v) is 15.4. The first-order chi connectivity index (χ1) is 12.0. The van der Waals surface area contributed by atoms with Crippen molar-refractivity contribution in [3.63, 3.8) is 0 Å². The Kier molecular flexibility index (Phi) is 8.24. The van der Waals surface area contributed by atoms with Crippen LogP contribution in [0.5, 0.6) is 0 Å². The van der Waals surface area contributed by atoms with Gasteiger partial charge in [0.15, 0.2) is 0 Å². The summed E-state index contributed by atoms with van der Waals surface area (Å²) in [4.78, 5) is 0. The van der Waals surface area contributed by atoms with Crippen LogP contribution in [0.15, 0.2) is 0 Å². The van der Waals surface area contributed by atoms with Crippen LogP contribution in [0, 0.1) is 5.92 Å². The van der Waals surface area contributed by atoms with E-state index >= 15 is 0 Å². The molecule has 0 saturated heterocycles. The van der Waals surface area contributed by atoms with Gasteiger partial charge in [0, 0.05) is 6.42 Å². The monoisotopic (exact) mass is 442 g/mol. The summed E-state index contributed by atoms with van der Waals surface area (Å²) in [6.45, 7) is 2.54. The second kappa shape index (κ2) is 8.49. The largest absolute Gasteiger partial charge is 0.259 e. The van der Waals surface area contributed by atoms with E-state index in [1.54, 1.807) is 0 Å². The average molecular weight is 442 g/mol. The van der Waals surface area contributed by atoms with E-state index < -0.39 is 80.0 Å². The third-order valence-electron chi connectivity index (χ3n) is 3.34. The summed E-state index contributed by atoms with van der Waals surface area (Å²) >= 11 is 0. The van der Waals surface area contributed by atoms with Gasteiger partial charge in [-0.2, -0.15) is 0 Å². The zero-order valence-electron chi connectivity index (χ0n) is 15.4. The summed E-state index contributed by atoms with van der Waals surface area (Å²) in [5.41, 5.74) is 0. The van der Waals surface area contributed by atoms with E-state index in [0.717, 1.165) is 0 Å². The molecule has 0 fully saturated rings. The van der Waals surface area contributed by atoms with Crippen LogP contribution in [-0.2, 0) is 0 Å². The third kappa shape index (κ3) is 12.6. The molecule has 0 aliphatic rings. The van der Waals surface area contributed by atoms with Crippen molar-refractivity contribution in [3.8, 4) is 0 Å². The number of alkyl halides is 12. The summed E-state index contributed by atoms with van der Waals surface area (Å²) in [6.07, 6.45) is -14.0. The minimum Gasteiger partial charge on any atom is -0.207 e. The third-order valence-corrected chi connectivity index (χ3v) is 3.34. The highest BCUT2D eigenvalue weighted by atomic mass is 19.3. The maximum Gasteiger partial charge on any atom is 0.259 e. The lowest BCUT2D eigenvalue weighted by Gasteiger charge is -2.30. The van der Waals surface area contributed by atoms with E-state index in [9.17, 15) is 52.7 Å². The second-order valence-electron chi connectivity index (χ2n) is 7.83. The number of halogens is 12. The second-order valence-corrected chi connectivity index (χ2v) is 7.83. The molecule has 28 heavy (non-hydrogen) atoms. The molecular weight excluding hydrogens is 420 g/mol. The van der Waals surface area contributed by atoms with Crippen molar-refractivity contribution in [3.05, 3.63) is 0 Å². The van der Waals surface area contributed by atoms with Crippen LogP contribution < -0.4 is 0 Å². The molecule has 0 aliphatic heterocycles. The fourth-order valence-electron chi connectivity index (χ4n) is 2.89. The molecule has 0 bridgehead atoms. The van der Waals surface area contributed by atoms with E-state index in [-0.39, 0.29) is 6.92 Å². The van der Waals surface area contributed by atoms with Gasteiger partial charge in [-0.25, -0.2) is 52.7 Å². The number of rotatable bonds is 12. The Bertz CT molecular complexity index is 490. The van der Waals surface area contributed by atoms with Gasteiger partial charge in [-0.1, -0.05) is 13.8 Å². The van der Waals surface area contributed by atoms with E-state index in [1.807, 2.05) is 0 Å². The molecule has 0 N–H and O–H groups in total. The molecule has 0 saturated carbocycles. The molecule has 170 valence electrons. The van der Waals surface area contributed by atoms with E-state index in [4.69, 9.17) is 0 Å². The fraction of sp³-hybridized carbons (Fsp3) is 1.00. The standard InChI is InChI=1S/C16H22F12/c1-10(2)4-12(19,20)6-14(23,24)8-16(27,28)9-15(25,26)7-13(21,22)5-11(3,17)18/h10H,4-9H2,1-3H3. The van der Waals surface area contributed by atoms with E-state index in [0.29, 0.717) is 0 Å². The van der Waals surface area contributed by atoms with Gasteiger partial charge in [0.25, 0.3) is 35.5 Å². The number of hydrogen-bond acceptors (Lipinski definition) is 0. The Morgan fingerprint density at radius 3 is 0.964 bits per heavy atom. The minimum absolute atomic E-state index is 0.00550. The molecule has 0 spiro atoms. The Labute approximate surface area is 154 Å². The summed E-state index contributed by atoms with van der Waals surface area (Å²) in [5.74, 6) is -28.3. The van der Waals surface area contributed by atoms with Crippen molar-refractivity contribution in [1.29, 1.82) is 0 Å². The van der Waals surface area contributed by atoms with Crippen molar-refractivity contribution < 1.29 is 52.7 Å². The van der Waals surface area contributed by atoms with E-state index in [2.05, 4.69) is 0 Å². The maximum atomic E-state index is 13.6. The van der Waals surface area contributed by atoms with E-state index in [1.165, 1.54) is 13.8 Å². The Morgan fingerprint density at radius 2 is 0.714 bits per heavy atom. The topological polar surface area (TPSA) is 0 Å². The van der Waals surface area contributed by atoms with Crippen LogP contribution in [0.2, 0.25) is 0 Å². The van der Waals surface area contributed by atoms with Crippen LogP contribution in [-0.4, -0.2) is 35.5 Å². The molecular formula is C16H22F12. The molecule has 0 radical (unpaired) electrons. The highest BCUT2D eigenvalue weighted by molar-refractivity contribution is 4.89. The smallest absolute Gasteiger partial charge is 0.207 e. The molecule has 12 heteroatoms. The SMILES string of the molecule is CC(C)CC(F)(F)CC(F)(F)CC(F)(F)CC(F)(F)CC(F)(F)CC(C)(F)F. The molecule has 0 heterocycles. The van der Waals surface area contributed by atoms with Crippen molar-refractivity contribution >= 4 is 0 Å². The lowest BCUT2D eigenvalue weighted by atomic mass is 9.93. The first-order valence-electron chi connectivity index (χ1n) is 8.22. The first kappa shape index (κ1) is 27.2. The van der Waals surface area contributed by atoms with Crippen molar-refractivity contribution in [2.75, 3.05) is 0 Å². The normalized spacial score (nSPS) is 15.4. The zero-order chi connectivity index (χ0) is 22.8. The van der Waals surface area contributed by atoms with Crippen LogP contribution in [0.4, 0.5) is 52.7 Å². The van der Waals surface area contributed by atoms with Gasteiger partial charge in [-0.15, -0.1) is 0 Å². The summed E-state index contributed by atoms with van der Waals surface area (Å²) in [7, 11) is 0. The molecule has 0 aromatic rings. The molecule has 0 nitrogen and oxygen atoms in total. The van der Waals surface area contributed by atoms with Crippen LogP contribution >= 0.6 is 0 Å². The van der Waals surface area contributed by atoms with Crippen LogP contribution in [0.1, 0.15) is 59.3 Å². The van der Waals surface area contributed by atoms with Gasteiger partial charge < -0.3 is 0 Å².